The number of aliphatic carboxylic acids is 1. The van der Waals surface area contributed by atoms with Crippen molar-refractivity contribution < 1.29 is 19.5 Å². The van der Waals surface area contributed by atoms with E-state index in [1.165, 1.54) is 0 Å². The zero-order valence-corrected chi connectivity index (χ0v) is 12.1. The Kier molecular flexibility index (Phi) is 6.48. The third-order valence-electron chi connectivity index (χ3n) is 3.17. The molecule has 20 heavy (non-hydrogen) atoms. The van der Waals surface area contributed by atoms with Gasteiger partial charge in [-0.05, 0) is 31.6 Å². The van der Waals surface area contributed by atoms with Crippen LogP contribution < -0.4 is 10.6 Å². The highest BCUT2D eigenvalue weighted by Gasteiger charge is 2.29. The highest BCUT2D eigenvalue weighted by atomic mass is 16.4. The summed E-state index contributed by atoms with van der Waals surface area (Å²) in [7, 11) is 0. The van der Waals surface area contributed by atoms with Gasteiger partial charge in [0.05, 0.1) is 0 Å². The molecule has 6 heteroatoms. The zero-order chi connectivity index (χ0) is 15.1. The first-order chi connectivity index (χ1) is 9.40. The molecule has 0 aromatic rings. The number of hydrogen-bond donors (Lipinski definition) is 3. The second-order valence-corrected chi connectivity index (χ2v) is 5.76. The van der Waals surface area contributed by atoms with Crippen LogP contribution in [-0.4, -0.2) is 35.5 Å². The summed E-state index contributed by atoms with van der Waals surface area (Å²) in [6.45, 7) is 4.29. The fraction of sp³-hybridized carbons (Fsp3) is 0.786. The number of nitrogens with one attached hydrogen (secondary N) is 2. The van der Waals surface area contributed by atoms with Crippen molar-refractivity contribution in [1.29, 1.82) is 0 Å². The van der Waals surface area contributed by atoms with Crippen molar-refractivity contribution >= 4 is 17.8 Å². The lowest BCUT2D eigenvalue weighted by atomic mass is 10.0. The Labute approximate surface area is 119 Å². The Balaban J connectivity index is 2.16. The lowest BCUT2D eigenvalue weighted by Crippen LogP contribution is -2.41. The van der Waals surface area contributed by atoms with Gasteiger partial charge in [-0.3, -0.25) is 9.59 Å². The lowest BCUT2D eigenvalue weighted by Gasteiger charge is -2.16. The van der Waals surface area contributed by atoms with Crippen molar-refractivity contribution in [3.8, 4) is 0 Å². The molecule has 1 fully saturated rings. The molecule has 0 aromatic heterocycles. The van der Waals surface area contributed by atoms with Crippen molar-refractivity contribution in [2.24, 2.45) is 11.8 Å². The average Bonchev–Trinajstić information content (AvgIpc) is 3.17. The molecule has 0 radical (unpaired) electrons. The van der Waals surface area contributed by atoms with E-state index < -0.39 is 12.0 Å². The van der Waals surface area contributed by atoms with E-state index in [9.17, 15) is 14.4 Å². The molecule has 1 atom stereocenters. The van der Waals surface area contributed by atoms with Crippen LogP contribution in [-0.2, 0) is 14.4 Å². The highest BCUT2D eigenvalue weighted by molar-refractivity contribution is 5.83. The van der Waals surface area contributed by atoms with E-state index in [-0.39, 0.29) is 30.1 Å². The molecule has 3 N–H and O–H groups in total. The Hall–Kier alpha value is -1.59. The topological polar surface area (TPSA) is 95.5 Å². The van der Waals surface area contributed by atoms with Crippen LogP contribution in [0.25, 0.3) is 0 Å². The summed E-state index contributed by atoms with van der Waals surface area (Å²) in [6.07, 6.45) is 3.09. The molecule has 1 aliphatic carbocycles. The number of rotatable bonds is 9. The van der Waals surface area contributed by atoms with E-state index in [1.807, 2.05) is 13.8 Å². The lowest BCUT2D eigenvalue weighted by molar-refractivity contribution is -0.142. The minimum absolute atomic E-state index is 0.0635. The summed E-state index contributed by atoms with van der Waals surface area (Å²) in [5.41, 5.74) is 0. The van der Waals surface area contributed by atoms with Gasteiger partial charge in [-0.1, -0.05) is 13.8 Å². The van der Waals surface area contributed by atoms with Gasteiger partial charge in [-0.25, -0.2) is 4.79 Å². The third kappa shape index (κ3) is 6.54. The summed E-state index contributed by atoms with van der Waals surface area (Å²) in [5.74, 6) is -0.845. The minimum Gasteiger partial charge on any atom is -0.480 e. The first kappa shape index (κ1) is 16.5. The van der Waals surface area contributed by atoms with Gasteiger partial charge < -0.3 is 15.7 Å². The van der Waals surface area contributed by atoms with E-state index in [0.29, 0.717) is 19.4 Å². The molecule has 6 nitrogen and oxygen atoms in total. The second kappa shape index (κ2) is 7.87. The van der Waals surface area contributed by atoms with Crippen LogP contribution in [0.3, 0.4) is 0 Å². The van der Waals surface area contributed by atoms with Gasteiger partial charge in [0.25, 0.3) is 0 Å². The van der Waals surface area contributed by atoms with Crippen LogP contribution in [0.1, 0.15) is 46.0 Å². The van der Waals surface area contributed by atoms with E-state index in [1.54, 1.807) is 0 Å². The zero-order valence-electron chi connectivity index (χ0n) is 12.1. The van der Waals surface area contributed by atoms with Gasteiger partial charge in [0.2, 0.25) is 11.8 Å². The van der Waals surface area contributed by atoms with Crippen LogP contribution in [0, 0.1) is 11.8 Å². The Morgan fingerprint density at radius 2 is 1.90 bits per heavy atom. The molecule has 1 aliphatic rings. The van der Waals surface area contributed by atoms with E-state index in [4.69, 9.17) is 5.11 Å². The highest BCUT2D eigenvalue weighted by Crippen LogP contribution is 2.28. The molecule has 0 unspecified atom stereocenters. The Bertz CT molecular complexity index is 364. The van der Waals surface area contributed by atoms with E-state index in [0.717, 1.165) is 12.8 Å². The molecular formula is C14H24N2O4. The maximum absolute atomic E-state index is 11.6. The molecule has 1 rings (SSSR count). The van der Waals surface area contributed by atoms with Crippen LogP contribution in [0.5, 0.6) is 0 Å². The van der Waals surface area contributed by atoms with Gasteiger partial charge in [0.1, 0.15) is 6.04 Å². The SMILES string of the molecule is CC(C)C[C@@H](NC(=O)CCCNC(=O)C1CC1)C(=O)O. The standard InChI is InChI=1S/C14H24N2O4/c1-9(2)8-11(14(19)20)16-12(17)4-3-7-15-13(18)10-5-6-10/h9-11H,3-8H2,1-2H3,(H,15,18)(H,16,17)(H,19,20)/t11-/m1/s1. The van der Waals surface area contributed by atoms with Crippen molar-refractivity contribution in [1.82, 2.24) is 10.6 Å². The van der Waals surface area contributed by atoms with Crippen molar-refractivity contribution in [3.63, 3.8) is 0 Å². The number of carbonyl (C=O) groups is 3. The predicted molar refractivity (Wildman–Crippen MR) is 74.0 cm³/mol. The fourth-order valence-corrected chi connectivity index (χ4v) is 1.91. The minimum atomic E-state index is -1.01. The summed E-state index contributed by atoms with van der Waals surface area (Å²) < 4.78 is 0. The molecule has 0 bridgehead atoms. The van der Waals surface area contributed by atoms with Crippen molar-refractivity contribution in [2.75, 3.05) is 6.54 Å². The Morgan fingerprint density at radius 1 is 1.25 bits per heavy atom. The number of amides is 2. The van der Waals surface area contributed by atoms with E-state index >= 15 is 0 Å². The number of hydrogen-bond acceptors (Lipinski definition) is 3. The number of carbonyl (C=O) groups excluding carboxylic acids is 2. The van der Waals surface area contributed by atoms with Gasteiger partial charge in [0.15, 0.2) is 0 Å². The molecule has 0 aliphatic heterocycles. The van der Waals surface area contributed by atoms with Crippen LogP contribution in [0.4, 0.5) is 0 Å². The molecule has 2 amide bonds. The van der Waals surface area contributed by atoms with E-state index in [2.05, 4.69) is 10.6 Å². The normalized spacial score (nSPS) is 15.8. The molecule has 0 spiro atoms. The molecule has 0 saturated heterocycles. The van der Waals surface area contributed by atoms with Crippen LogP contribution in [0.15, 0.2) is 0 Å². The van der Waals surface area contributed by atoms with Gasteiger partial charge in [-0.15, -0.1) is 0 Å². The van der Waals surface area contributed by atoms with Gasteiger partial charge in [0, 0.05) is 18.9 Å². The molecule has 114 valence electrons. The first-order valence-corrected chi connectivity index (χ1v) is 7.20. The van der Waals surface area contributed by atoms with Crippen LogP contribution in [0.2, 0.25) is 0 Å². The predicted octanol–water partition coefficient (Wildman–Crippen LogP) is 0.908. The van der Waals surface area contributed by atoms with Gasteiger partial charge >= 0.3 is 5.97 Å². The Morgan fingerprint density at radius 3 is 2.40 bits per heavy atom. The smallest absolute Gasteiger partial charge is 0.326 e. The quantitative estimate of drug-likeness (QED) is 0.548. The monoisotopic (exact) mass is 284 g/mol. The average molecular weight is 284 g/mol. The van der Waals surface area contributed by atoms with Crippen molar-refractivity contribution in [3.05, 3.63) is 0 Å². The summed E-state index contributed by atoms with van der Waals surface area (Å²) in [4.78, 5) is 34.0. The second-order valence-electron chi connectivity index (χ2n) is 5.76. The number of carboxylic acids is 1. The largest absolute Gasteiger partial charge is 0.480 e. The maximum Gasteiger partial charge on any atom is 0.326 e. The summed E-state index contributed by atoms with van der Waals surface area (Å²) in [6, 6.07) is -0.830. The van der Waals surface area contributed by atoms with Crippen molar-refractivity contribution in [2.45, 2.75) is 52.0 Å². The maximum atomic E-state index is 11.6. The third-order valence-corrected chi connectivity index (χ3v) is 3.17. The fourth-order valence-electron chi connectivity index (χ4n) is 1.91. The van der Waals surface area contributed by atoms with Gasteiger partial charge in [-0.2, -0.15) is 0 Å². The summed E-state index contributed by atoms with van der Waals surface area (Å²) >= 11 is 0. The van der Waals surface area contributed by atoms with Crippen LogP contribution >= 0.6 is 0 Å². The molecule has 1 saturated carbocycles. The summed E-state index contributed by atoms with van der Waals surface area (Å²) in [5, 5.41) is 14.3. The first-order valence-electron chi connectivity index (χ1n) is 7.20. The molecule has 0 aromatic carbocycles. The molecule has 0 heterocycles. The molecular weight excluding hydrogens is 260 g/mol. The number of carboxylic acid groups (broad SMARTS) is 1.